The highest BCUT2D eigenvalue weighted by Crippen LogP contribution is 2.27. The molecule has 0 spiro atoms. The zero-order valence-corrected chi connectivity index (χ0v) is 12.2. The van der Waals surface area contributed by atoms with E-state index in [9.17, 15) is 0 Å². The van der Waals surface area contributed by atoms with E-state index in [-0.39, 0.29) is 5.82 Å². The second kappa shape index (κ2) is 5.81. The van der Waals surface area contributed by atoms with E-state index < -0.39 is 6.04 Å². The van der Waals surface area contributed by atoms with Crippen LogP contribution in [0.15, 0.2) is 47.1 Å². The monoisotopic (exact) mass is 320 g/mol. The molecule has 2 heterocycles. The van der Waals surface area contributed by atoms with Gasteiger partial charge in [-0.2, -0.15) is 4.98 Å². The smallest absolute Gasteiger partial charge is 0.248 e. The number of halogens is 2. The summed E-state index contributed by atoms with van der Waals surface area (Å²) in [7, 11) is 0. The largest absolute Gasteiger partial charge is 0.337 e. The first-order chi connectivity index (χ1) is 10.1. The van der Waals surface area contributed by atoms with Crippen LogP contribution >= 0.6 is 23.2 Å². The van der Waals surface area contributed by atoms with Crippen molar-refractivity contribution in [3.05, 3.63) is 64.1 Å². The first kappa shape index (κ1) is 14.0. The van der Waals surface area contributed by atoms with Crippen LogP contribution in [0.4, 0.5) is 0 Å². The van der Waals surface area contributed by atoms with Crippen molar-refractivity contribution in [3.63, 3.8) is 0 Å². The molecule has 0 bridgehead atoms. The van der Waals surface area contributed by atoms with Gasteiger partial charge >= 0.3 is 0 Å². The predicted octanol–water partition coefficient (Wildman–Crippen LogP) is 3.49. The maximum absolute atomic E-state index is 6.10. The van der Waals surface area contributed by atoms with Gasteiger partial charge in [0.2, 0.25) is 11.7 Å². The minimum Gasteiger partial charge on any atom is -0.337 e. The molecule has 0 aliphatic heterocycles. The summed E-state index contributed by atoms with van der Waals surface area (Å²) in [6, 6.07) is 10.5. The average molecular weight is 321 g/mol. The van der Waals surface area contributed by atoms with Gasteiger partial charge in [-0.3, -0.25) is 0 Å². The zero-order chi connectivity index (χ0) is 14.8. The molecule has 2 N–H and O–H groups in total. The fourth-order valence-corrected chi connectivity index (χ4v) is 2.30. The number of nitrogens with zero attached hydrogens (tertiary/aromatic N) is 3. The highest BCUT2D eigenvalue weighted by Gasteiger charge is 2.19. The van der Waals surface area contributed by atoms with Crippen molar-refractivity contribution >= 4 is 23.2 Å². The molecule has 0 saturated carbocycles. The van der Waals surface area contributed by atoms with Crippen LogP contribution in [0.25, 0.3) is 11.5 Å². The molecule has 1 unspecified atom stereocenters. The van der Waals surface area contributed by atoms with Crippen LogP contribution in [-0.2, 0) is 0 Å². The van der Waals surface area contributed by atoms with Gasteiger partial charge < -0.3 is 10.3 Å². The summed E-state index contributed by atoms with van der Waals surface area (Å²) in [5.41, 5.74) is 7.38. The summed E-state index contributed by atoms with van der Waals surface area (Å²) >= 11 is 11.9. The van der Waals surface area contributed by atoms with Crippen LogP contribution in [0, 0.1) is 0 Å². The summed E-state index contributed by atoms with van der Waals surface area (Å²) in [5.74, 6) is 0.571. The number of rotatable bonds is 3. The molecule has 0 fully saturated rings. The van der Waals surface area contributed by atoms with E-state index in [2.05, 4.69) is 15.1 Å². The Kier molecular flexibility index (Phi) is 3.88. The lowest BCUT2D eigenvalue weighted by atomic mass is 10.1. The number of hydrogen-bond donors (Lipinski definition) is 1. The highest BCUT2D eigenvalue weighted by molar-refractivity contribution is 6.35. The Morgan fingerprint density at radius 2 is 1.90 bits per heavy atom. The molecule has 1 aromatic carbocycles. The van der Waals surface area contributed by atoms with E-state index in [4.69, 9.17) is 33.5 Å². The van der Waals surface area contributed by atoms with E-state index in [0.717, 1.165) is 5.56 Å². The molecular formula is C14H10Cl2N4O. The molecule has 2 aromatic heterocycles. The Bertz CT molecular complexity index is 761. The fraction of sp³-hybridized carbons (Fsp3) is 0.0714. The number of hydrogen-bond acceptors (Lipinski definition) is 5. The fourth-order valence-electron chi connectivity index (χ4n) is 1.84. The van der Waals surface area contributed by atoms with Crippen molar-refractivity contribution in [3.8, 4) is 11.5 Å². The van der Waals surface area contributed by atoms with Crippen LogP contribution < -0.4 is 5.73 Å². The quantitative estimate of drug-likeness (QED) is 0.799. The third-order valence-electron chi connectivity index (χ3n) is 2.89. The Balaban J connectivity index is 1.93. The van der Waals surface area contributed by atoms with E-state index in [1.807, 2.05) is 30.3 Å². The highest BCUT2D eigenvalue weighted by atomic mass is 35.5. The van der Waals surface area contributed by atoms with Gasteiger partial charge in [0.05, 0.1) is 10.0 Å². The topological polar surface area (TPSA) is 77.8 Å². The lowest BCUT2D eigenvalue weighted by Gasteiger charge is -2.05. The second-order valence-corrected chi connectivity index (χ2v) is 5.17. The van der Waals surface area contributed by atoms with Crippen LogP contribution in [0.3, 0.4) is 0 Å². The van der Waals surface area contributed by atoms with Gasteiger partial charge in [-0.25, -0.2) is 4.98 Å². The Morgan fingerprint density at radius 3 is 2.62 bits per heavy atom. The van der Waals surface area contributed by atoms with Gasteiger partial charge in [0.1, 0.15) is 11.7 Å². The van der Waals surface area contributed by atoms with Crippen molar-refractivity contribution in [2.75, 3.05) is 0 Å². The van der Waals surface area contributed by atoms with E-state index in [1.165, 1.54) is 6.20 Å². The van der Waals surface area contributed by atoms with Crippen LogP contribution in [0.5, 0.6) is 0 Å². The summed E-state index contributed by atoms with van der Waals surface area (Å²) < 4.78 is 5.20. The summed E-state index contributed by atoms with van der Waals surface area (Å²) in [6.07, 6.45) is 1.47. The van der Waals surface area contributed by atoms with Crippen LogP contribution in [-0.4, -0.2) is 15.1 Å². The van der Waals surface area contributed by atoms with Gasteiger partial charge in [-0.05, 0) is 11.6 Å². The van der Waals surface area contributed by atoms with Gasteiger partial charge in [-0.15, -0.1) is 0 Å². The van der Waals surface area contributed by atoms with E-state index in [1.54, 1.807) is 6.07 Å². The second-order valence-electron chi connectivity index (χ2n) is 4.33. The molecule has 0 aliphatic carbocycles. The molecule has 0 saturated heterocycles. The Morgan fingerprint density at radius 1 is 1.14 bits per heavy atom. The lowest BCUT2D eigenvalue weighted by molar-refractivity contribution is 0.367. The summed E-state index contributed by atoms with van der Waals surface area (Å²) in [5, 5.41) is 4.66. The average Bonchev–Trinajstić information content (AvgIpc) is 2.97. The minimum atomic E-state index is -0.501. The van der Waals surface area contributed by atoms with Gasteiger partial charge in [0, 0.05) is 6.20 Å². The molecule has 7 heteroatoms. The van der Waals surface area contributed by atoms with Gasteiger partial charge in [-0.1, -0.05) is 58.7 Å². The molecule has 0 aliphatic rings. The van der Waals surface area contributed by atoms with Crippen molar-refractivity contribution < 1.29 is 4.52 Å². The standard InChI is InChI=1S/C14H10Cl2N4O/c15-9-6-10(16)12(18-7-9)13-19-14(21-20-13)11(17)8-4-2-1-3-5-8/h1-7,11H,17H2. The number of benzene rings is 1. The SMILES string of the molecule is NC(c1ccccc1)c1nc(-c2ncc(Cl)cc2Cl)no1. The normalized spacial score (nSPS) is 12.3. The van der Waals surface area contributed by atoms with Crippen LogP contribution in [0.1, 0.15) is 17.5 Å². The number of nitrogens with two attached hydrogens (primary N) is 1. The maximum atomic E-state index is 6.10. The number of aromatic nitrogens is 3. The molecule has 106 valence electrons. The molecule has 0 amide bonds. The molecule has 3 rings (SSSR count). The number of pyridine rings is 1. The lowest BCUT2D eigenvalue weighted by Crippen LogP contribution is -2.12. The van der Waals surface area contributed by atoms with Crippen molar-refractivity contribution in [1.82, 2.24) is 15.1 Å². The zero-order valence-electron chi connectivity index (χ0n) is 10.7. The summed E-state index contributed by atoms with van der Waals surface area (Å²) in [4.78, 5) is 8.36. The van der Waals surface area contributed by atoms with Gasteiger partial charge in [0.15, 0.2) is 0 Å². The Hall–Kier alpha value is -1.95. The predicted molar refractivity (Wildman–Crippen MR) is 80.0 cm³/mol. The van der Waals surface area contributed by atoms with E-state index in [0.29, 0.717) is 21.6 Å². The maximum Gasteiger partial charge on any atom is 0.248 e. The first-order valence-corrected chi connectivity index (χ1v) is 6.86. The van der Waals surface area contributed by atoms with Crippen molar-refractivity contribution in [2.24, 2.45) is 5.73 Å². The molecule has 1 atom stereocenters. The van der Waals surface area contributed by atoms with E-state index >= 15 is 0 Å². The summed E-state index contributed by atoms with van der Waals surface area (Å²) in [6.45, 7) is 0. The molecule has 5 nitrogen and oxygen atoms in total. The first-order valence-electron chi connectivity index (χ1n) is 6.10. The molecule has 21 heavy (non-hydrogen) atoms. The Labute approximate surface area is 130 Å². The van der Waals surface area contributed by atoms with Gasteiger partial charge in [0.25, 0.3) is 0 Å². The molecular weight excluding hydrogens is 311 g/mol. The van der Waals surface area contributed by atoms with Crippen LogP contribution in [0.2, 0.25) is 10.0 Å². The third-order valence-corrected chi connectivity index (χ3v) is 3.38. The van der Waals surface area contributed by atoms with Crippen molar-refractivity contribution in [2.45, 2.75) is 6.04 Å². The minimum absolute atomic E-state index is 0.276. The third kappa shape index (κ3) is 2.90. The molecule has 3 aromatic rings. The molecule has 0 radical (unpaired) electrons. The van der Waals surface area contributed by atoms with Crippen molar-refractivity contribution in [1.29, 1.82) is 0 Å².